The van der Waals surface area contributed by atoms with E-state index in [1.165, 1.54) is 26.2 Å². The van der Waals surface area contributed by atoms with E-state index < -0.39 is 22.0 Å². The number of amides is 1. The number of carbonyl (C=O) groups is 1. The normalized spacial score (nSPS) is 12.3. The number of methoxy groups -OCH3 is 1. The Labute approximate surface area is 166 Å². The summed E-state index contributed by atoms with van der Waals surface area (Å²) in [5.41, 5.74) is 0.836. The third-order valence-electron chi connectivity index (χ3n) is 3.59. The van der Waals surface area contributed by atoms with Crippen LogP contribution >= 0.6 is 27.5 Å². The van der Waals surface area contributed by atoms with E-state index in [0.717, 1.165) is 15.0 Å². The van der Waals surface area contributed by atoms with Crippen LogP contribution in [0.3, 0.4) is 0 Å². The van der Waals surface area contributed by atoms with Crippen molar-refractivity contribution in [1.82, 2.24) is 0 Å². The zero-order valence-corrected chi connectivity index (χ0v) is 17.5. The van der Waals surface area contributed by atoms with Crippen LogP contribution in [0.1, 0.15) is 6.92 Å². The van der Waals surface area contributed by atoms with Crippen LogP contribution in [0.25, 0.3) is 0 Å². The Bertz CT molecular complexity index is 903. The van der Waals surface area contributed by atoms with Crippen molar-refractivity contribution in [2.45, 2.75) is 13.0 Å². The molecule has 140 valence electrons. The Morgan fingerprint density at radius 3 is 2.35 bits per heavy atom. The van der Waals surface area contributed by atoms with Gasteiger partial charge in [-0.2, -0.15) is 0 Å². The second-order valence-corrected chi connectivity index (χ2v) is 8.73. The van der Waals surface area contributed by atoms with Crippen LogP contribution in [0.15, 0.2) is 46.9 Å². The maximum absolute atomic E-state index is 12.6. The van der Waals surface area contributed by atoms with Gasteiger partial charge in [0.1, 0.15) is 11.8 Å². The third kappa shape index (κ3) is 4.90. The average Bonchev–Trinajstić information content (AvgIpc) is 2.56. The van der Waals surface area contributed by atoms with E-state index in [1.54, 1.807) is 30.3 Å². The molecule has 0 spiro atoms. The largest absolute Gasteiger partial charge is 0.495 e. The van der Waals surface area contributed by atoms with Gasteiger partial charge in [-0.1, -0.05) is 27.5 Å². The number of ether oxygens (including phenoxy) is 1. The fraction of sp³-hybridized carbons (Fsp3) is 0.235. The van der Waals surface area contributed by atoms with E-state index in [1.807, 2.05) is 0 Å². The first kappa shape index (κ1) is 20.5. The number of anilines is 2. The lowest BCUT2D eigenvalue weighted by molar-refractivity contribution is -0.116. The molecule has 26 heavy (non-hydrogen) atoms. The van der Waals surface area contributed by atoms with Crippen molar-refractivity contribution in [2.24, 2.45) is 0 Å². The lowest BCUT2D eigenvalue weighted by Crippen LogP contribution is -2.45. The van der Waals surface area contributed by atoms with Crippen LogP contribution in [0.4, 0.5) is 11.4 Å². The number of hydrogen-bond acceptors (Lipinski definition) is 4. The molecule has 0 aliphatic rings. The summed E-state index contributed by atoms with van der Waals surface area (Å²) in [5.74, 6) is -0.0551. The number of nitrogens with one attached hydrogen (secondary N) is 1. The maximum atomic E-state index is 12.6. The smallest absolute Gasteiger partial charge is 0.247 e. The molecule has 1 N–H and O–H groups in total. The van der Waals surface area contributed by atoms with Crippen molar-refractivity contribution in [2.75, 3.05) is 23.0 Å². The Kier molecular flexibility index (Phi) is 6.54. The van der Waals surface area contributed by atoms with E-state index in [9.17, 15) is 13.2 Å². The fourth-order valence-corrected chi connectivity index (χ4v) is 4.06. The van der Waals surface area contributed by atoms with E-state index >= 15 is 0 Å². The molecule has 0 bridgehead atoms. The van der Waals surface area contributed by atoms with E-state index in [0.29, 0.717) is 11.4 Å². The van der Waals surface area contributed by atoms with Crippen LogP contribution in [0.2, 0.25) is 5.02 Å². The Morgan fingerprint density at radius 1 is 1.23 bits per heavy atom. The average molecular weight is 462 g/mol. The Balaban J connectivity index is 2.32. The zero-order valence-electron chi connectivity index (χ0n) is 14.4. The highest BCUT2D eigenvalue weighted by Crippen LogP contribution is 2.31. The van der Waals surface area contributed by atoms with Crippen LogP contribution in [0.5, 0.6) is 5.75 Å². The molecule has 1 amide bonds. The van der Waals surface area contributed by atoms with Crippen molar-refractivity contribution in [1.29, 1.82) is 0 Å². The monoisotopic (exact) mass is 460 g/mol. The molecule has 0 unspecified atom stereocenters. The number of benzene rings is 2. The maximum Gasteiger partial charge on any atom is 0.247 e. The van der Waals surface area contributed by atoms with Crippen molar-refractivity contribution >= 4 is 54.8 Å². The quantitative estimate of drug-likeness (QED) is 0.708. The van der Waals surface area contributed by atoms with Crippen LogP contribution < -0.4 is 14.4 Å². The molecule has 0 fully saturated rings. The van der Waals surface area contributed by atoms with Crippen LogP contribution in [-0.2, 0) is 14.8 Å². The number of hydrogen-bond donors (Lipinski definition) is 1. The SMILES string of the molecule is COc1ccc(N([C@@H](C)C(=O)Nc2ccc(Br)cc2)S(C)(=O)=O)cc1Cl. The summed E-state index contributed by atoms with van der Waals surface area (Å²) < 4.78 is 31.6. The zero-order chi connectivity index (χ0) is 19.5. The molecule has 0 aliphatic carbocycles. The van der Waals surface area contributed by atoms with Gasteiger partial charge < -0.3 is 10.1 Å². The highest BCUT2D eigenvalue weighted by molar-refractivity contribution is 9.10. The van der Waals surface area contributed by atoms with Crippen molar-refractivity contribution in [3.63, 3.8) is 0 Å². The van der Waals surface area contributed by atoms with Crippen LogP contribution in [-0.4, -0.2) is 33.7 Å². The summed E-state index contributed by atoms with van der Waals surface area (Å²) in [6.07, 6.45) is 1.04. The van der Waals surface area contributed by atoms with Gasteiger partial charge in [-0.25, -0.2) is 8.42 Å². The minimum Gasteiger partial charge on any atom is -0.495 e. The number of halogens is 2. The molecule has 9 heteroatoms. The van der Waals surface area contributed by atoms with Crippen molar-refractivity contribution in [3.05, 3.63) is 52.0 Å². The molecule has 0 radical (unpaired) electrons. The predicted molar refractivity (Wildman–Crippen MR) is 108 cm³/mol. The van der Waals surface area contributed by atoms with Gasteiger partial charge in [-0.15, -0.1) is 0 Å². The molecule has 2 aromatic rings. The third-order valence-corrected chi connectivity index (χ3v) is 5.66. The highest BCUT2D eigenvalue weighted by Gasteiger charge is 2.29. The summed E-state index contributed by atoms with van der Waals surface area (Å²) in [4.78, 5) is 12.6. The standard InChI is InChI=1S/C17H18BrClN2O4S/c1-11(17(22)20-13-6-4-12(18)5-7-13)21(26(3,23)24)14-8-9-16(25-2)15(19)10-14/h4-11H,1-3H3,(H,20,22)/t11-/m0/s1. The lowest BCUT2D eigenvalue weighted by Gasteiger charge is -2.28. The first-order valence-electron chi connectivity index (χ1n) is 7.53. The van der Waals surface area contributed by atoms with Gasteiger partial charge >= 0.3 is 0 Å². The Hall–Kier alpha value is -1.77. The Morgan fingerprint density at radius 2 is 1.85 bits per heavy atom. The summed E-state index contributed by atoms with van der Waals surface area (Å²) in [7, 11) is -2.27. The van der Waals surface area contributed by atoms with Gasteiger partial charge in [0.2, 0.25) is 15.9 Å². The highest BCUT2D eigenvalue weighted by atomic mass is 79.9. The number of nitrogens with zero attached hydrogens (tertiary/aromatic N) is 1. The second kappa shape index (κ2) is 8.28. The van der Waals surface area contributed by atoms with Crippen molar-refractivity contribution < 1.29 is 17.9 Å². The number of sulfonamides is 1. The molecule has 2 rings (SSSR count). The van der Waals surface area contributed by atoms with Gasteiger partial charge in [0.05, 0.1) is 24.1 Å². The molecule has 0 saturated heterocycles. The molecular formula is C17H18BrClN2O4S. The molecule has 0 saturated carbocycles. The van der Waals surface area contributed by atoms with Gasteiger partial charge in [0.25, 0.3) is 0 Å². The van der Waals surface area contributed by atoms with Crippen LogP contribution in [0, 0.1) is 0 Å². The summed E-state index contributed by atoms with van der Waals surface area (Å²) >= 11 is 9.42. The molecule has 6 nitrogen and oxygen atoms in total. The molecule has 1 atom stereocenters. The second-order valence-electron chi connectivity index (χ2n) is 5.55. The molecule has 0 aromatic heterocycles. The predicted octanol–water partition coefficient (Wildman–Crippen LogP) is 3.90. The molecule has 2 aromatic carbocycles. The topological polar surface area (TPSA) is 75.7 Å². The minimum absolute atomic E-state index is 0.249. The number of carbonyl (C=O) groups excluding carboxylic acids is 1. The molecule has 0 aliphatic heterocycles. The van der Waals surface area contributed by atoms with Gasteiger partial charge in [-0.05, 0) is 49.4 Å². The summed E-state index contributed by atoms with van der Waals surface area (Å²) in [6, 6.07) is 10.5. The molecule has 0 heterocycles. The first-order chi connectivity index (χ1) is 12.1. The molecular weight excluding hydrogens is 444 g/mol. The van der Waals surface area contributed by atoms with Gasteiger partial charge in [0, 0.05) is 10.2 Å². The number of rotatable bonds is 6. The van der Waals surface area contributed by atoms with Gasteiger partial charge in [0.15, 0.2) is 0 Å². The minimum atomic E-state index is -3.73. The van der Waals surface area contributed by atoms with Gasteiger partial charge in [-0.3, -0.25) is 9.10 Å². The van der Waals surface area contributed by atoms with E-state index in [4.69, 9.17) is 16.3 Å². The summed E-state index contributed by atoms with van der Waals surface area (Å²) in [6.45, 7) is 1.51. The lowest BCUT2D eigenvalue weighted by atomic mass is 10.2. The fourth-order valence-electron chi connectivity index (χ4n) is 2.38. The summed E-state index contributed by atoms with van der Waals surface area (Å²) in [5, 5.41) is 2.95. The van der Waals surface area contributed by atoms with Crippen molar-refractivity contribution in [3.8, 4) is 5.75 Å². The van der Waals surface area contributed by atoms with E-state index in [-0.39, 0.29) is 10.7 Å². The first-order valence-corrected chi connectivity index (χ1v) is 10.5. The van der Waals surface area contributed by atoms with E-state index in [2.05, 4.69) is 21.2 Å².